The van der Waals surface area contributed by atoms with Gasteiger partial charge in [0.1, 0.15) is 0 Å². The highest BCUT2D eigenvalue weighted by Crippen LogP contribution is 2.21. The van der Waals surface area contributed by atoms with E-state index in [2.05, 4.69) is 33.7 Å². The minimum Gasteiger partial charge on any atom is -0.352 e. The maximum Gasteiger partial charge on any atom is 0.239 e. The summed E-state index contributed by atoms with van der Waals surface area (Å²) in [6, 6.07) is 10.4. The molecular formula is C18H25N3O2. The highest BCUT2D eigenvalue weighted by Gasteiger charge is 2.16. The molecule has 0 unspecified atom stereocenters. The first-order valence-corrected chi connectivity index (χ1v) is 8.07. The highest BCUT2D eigenvalue weighted by molar-refractivity contribution is 5.85. The van der Waals surface area contributed by atoms with Gasteiger partial charge in [0.25, 0.3) is 0 Å². The van der Waals surface area contributed by atoms with Crippen LogP contribution in [0.15, 0.2) is 36.4 Å². The van der Waals surface area contributed by atoms with E-state index in [-0.39, 0.29) is 24.4 Å². The SMILES string of the molecule is CC(C)NC(=O)CNC(=O)CN1CC=C(c2ccccc2)CC1. The molecule has 0 aromatic heterocycles. The summed E-state index contributed by atoms with van der Waals surface area (Å²) < 4.78 is 0. The lowest BCUT2D eigenvalue weighted by Crippen LogP contribution is -2.44. The minimum atomic E-state index is -0.154. The number of hydrogen-bond donors (Lipinski definition) is 2. The van der Waals surface area contributed by atoms with Gasteiger partial charge in [0.2, 0.25) is 11.8 Å². The van der Waals surface area contributed by atoms with Crippen molar-refractivity contribution in [3.05, 3.63) is 42.0 Å². The molecule has 0 radical (unpaired) electrons. The molecular weight excluding hydrogens is 290 g/mol. The smallest absolute Gasteiger partial charge is 0.239 e. The fraction of sp³-hybridized carbons (Fsp3) is 0.444. The molecule has 1 aromatic rings. The summed E-state index contributed by atoms with van der Waals surface area (Å²) in [4.78, 5) is 25.5. The van der Waals surface area contributed by atoms with Crippen molar-refractivity contribution in [2.45, 2.75) is 26.3 Å². The molecule has 2 amide bonds. The Morgan fingerprint density at radius 1 is 1.17 bits per heavy atom. The molecule has 1 aliphatic heterocycles. The number of nitrogens with one attached hydrogen (secondary N) is 2. The van der Waals surface area contributed by atoms with Crippen molar-refractivity contribution in [1.29, 1.82) is 0 Å². The Kier molecular flexibility index (Phi) is 6.35. The number of carbonyl (C=O) groups is 2. The number of hydrogen-bond acceptors (Lipinski definition) is 3. The normalized spacial score (nSPS) is 15.2. The molecule has 1 aliphatic rings. The molecule has 0 atom stereocenters. The van der Waals surface area contributed by atoms with Crippen molar-refractivity contribution >= 4 is 17.4 Å². The lowest BCUT2D eigenvalue weighted by atomic mass is 10.00. The van der Waals surface area contributed by atoms with E-state index in [1.54, 1.807) is 0 Å². The van der Waals surface area contributed by atoms with Crippen LogP contribution in [0.1, 0.15) is 25.8 Å². The molecule has 2 N–H and O–H groups in total. The molecule has 0 fully saturated rings. The average molecular weight is 315 g/mol. The predicted octanol–water partition coefficient (Wildman–Crippen LogP) is 1.42. The topological polar surface area (TPSA) is 61.4 Å². The van der Waals surface area contributed by atoms with E-state index < -0.39 is 0 Å². The summed E-state index contributed by atoms with van der Waals surface area (Å²) >= 11 is 0. The summed E-state index contributed by atoms with van der Waals surface area (Å²) in [7, 11) is 0. The summed E-state index contributed by atoms with van der Waals surface area (Å²) in [5, 5.41) is 5.41. The fourth-order valence-electron chi connectivity index (χ4n) is 2.58. The molecule has 0 saturated heterocycles. The van der Waals surface area contributed by atoms with Crippen LogP contribution in [0.25, 0.3) is 5.57 Å². The van der Waals surface area contributed by atoms with Gasteiger partial charge in [-0.15, -0.1) is 0 Å². The highest BCUT2D eigenvalue weighted by atomic mass is 16.2. The number of carbonyl (C=O) groups excluding carboxylic acids is 2. The molecule has 0 saturated carbocycles. The Morgan fingerprint density at radius 2 is 1.91 bits per heavy atom. The van der Waals surface area contributed by atoms with Crippen LogP contribution in [0, 0.1) is 0 Å². The number of rotatable bonds is 6. The maximum absolute atomic E-state index is 11.9. The van der Waals surface area contributed by atoms with Crippen LogP contribution in [0.2, 0.25) is 0 Å². The summed E-state index contributed by atoms with van der Waals surface area (Å²) in [5.41, 5.74) is 2.58. The van der Waals surface area contributed by atoms with Gasteiger partial charge in [0.15, 0.2) is 0 Å². The van der Waals surface area contributed by atoms with Crippen LogP contribution >= 0.6 is 0 Å². The molecule has 124 valence electrons. The molecule has 2 rings (SSSR count). The Morgan fingerprint density at radius 3 is 2.52 bits per heavy atom. The third-order valence-corrected chi connectivity index (χ3v) is 3.70. The Labute approximate surface area is 137 Å². The van der Waals surface area contributed by atoms with Crippen LogP contribution in [0.4, 0.5) is 0 Å². The minimum absolute atomic E-state index is 0.0377. The van der Waals surface area contributed by atoms with Gasteiger partial charge in [-0.2, -0.15) is 0 Å². The summed E-state index contributed by atoms with van der Waals surface area (Å²) in [5.74, 6) is -0.265. The third kappa shape index (κ3) is 5.87. The Balaban J connectivity index is 1.74. The van der Waals surface area contributed by atoms with Gasteiger partial charge in [0.05, 0.1) is 13.1 Å². The van der Waals surface area contributed by atoms with Crippen molar-refractivity contribution in [2.24, 2.45) is 0 Å². The van der Waals surface area contributed by atoms with E-state index in [9.17, 15) is 9.59 Å². The maximum atomic E-state index is 11.9. The van der Waals surface area contributed by atoms with Gasteiger partial charge in [-0.05, 0) is 31.4 Å². The molecule has 0 spiro atoms. The van der Waals surface area contributed by atoms with Gasteiger partial charge < -0.3 is 10.6 Å². The lowest BCUT2D eigenvalue weighted by Gasteiger charge is -2.25. The lowest BCUT2D eigenvalue weighted by molar-refractivity contribution is -0.126. The van der Waals surface area contributed by atoms with E-state index in [1.165, 1.54) is 11.1 Å². The van der Waals surface area contributed by atoms with Crippen LogP contribution in [0.3, 0.4) is 0 Å². The van der Waals surface area contributed by atoms with Gasteiger partial charge >= 0.3 is 0 Å². The first-order chi connectivity index (χ1) is 11.0. The molecule has 23 heavy (non-hydrogen) atoms. The second-order valence-electron chi connectivity index (χ2n) is 6.08. The molecule has 0 aliphatic carbocycles. The zero-order chi connectivity index (χ0) is 16.7. The predicted molar refractivity (Wildman–Crippen MR) is 91.8 cm³/mol. The van der Waals surface area contributed by atoms with E-state index in [4.69, 9.17) is 0 Å². The zero-order valence-corrected chi connectivity index (χ0v) is 13.8. The molecule has 0 bridgehead atoms. The summed E-state index contributed by atoms with van der Waals surface area (Å²) in [6.07, 6.45) is 3.11. The van der Waals surface area contributed by atoms with Gasteiger partial charge in [-0.1, -0.05) is 36.4 Å². The van der Waals surface area contributed by atoms with Crippen molar-refractivity contribution in [1.82, 2.24) is 15.5 Å². The van der Waals surface area contributed by atoms with Gasteiger partial charge in [-0.3, -0.25) is 14.5 Å². The number of nitrogens with zero attached hydrogens (tertiary/aromatic N) is 1. The molecule has 5 heteroatoms. The largest absolute Gasteiger partial charge is 0.352 e. The molecule has 1 aromatic carbocycles. The van der Waals surface area contributed by atoms with Crippen LogP contribution in [-0.4, -0.2) is 48.9 Å². The van der Waals surface area contributed by atoms with E-state index in [0.29, 0.717) is 6.54 Å². The first kappa shape index (κ1) is 17.2. The van der Waals surface area contributed by atoms with E-state index >= 15 is 0 Å². The van der Waals surface area contributed by atoms with Crippen molar-refractivity contribution in [3.8, 4) is 0 Å². The van der Waals surface area contributed by atoms with Crippen molar-refractivity contribution < 1.29 is 9.59 Å². The zero-order valence-electron chi connectivity index (χ0n) is 13.8. The van der Waals surface area contributed by atoms with Crippen LogP contribution < -0.4 is 10.6 Å². The quantitative estimate of drug-likeness (QED) is 0.834. The number of benzene rings is 1. The summed E-state index contributed by atoms with van der Waals surface area (Å²) in [6.45, 7) is 5.76. The first-order valence-electron chi connectivity index (χ1n) is 8.07. The second-order valence-corrected chi connectivity index (χ2v) is 6.08. The van der Waals surface area contributed by atoms with Crippen molar-refractivity contribution in [2.75, 3.05) is 26.2 Å². The van der Waals surface area contributed by atoms with E-state index in [0.717, 1.165) is 19.5 Å². The molecule has 5 nitrogen and oxygen atoms in total. The van der Waals surface area contributed by atoms with Gasteiger partial charge in [0, 0.05) is 19.1 Å². The molecule has 1 heterocycles. The van der Waals surface area contributed by atoms with Crippen molar-refractivity contribution in [3.63, 3.8) is 0 Å². The monoisotopic (exact) mass is 315 g/mol. The fourth-order valence-corrected chi connectivity index (χ4v) is 2.58. The van der Waals surface area contributed by atoms with Crippen LogP contribution in [0.5, 0.6) is 0 Å². The second kappa shape index (κ2) is 8.48. The Hall–Kier alpha value is -2.14. The van der Waals surface area contributed by atoms with Crippen LogP contribution in [-0.2, 0) is 9.59 Å². The standard InChI is InChI=1S/C18H25N3O2/c1-14(2)20-17(22)12-19-18(23)13-21-10-8-16(9-11-21)15-6-4-3-5-7-15/h3-8,14H,9-13H2,1-2H3,(H,19,23)(H,20,22). The van der Waals surface area contributed by atoms with E-state index in [1.807, 2.05) is 32.0 Å². The third-order valence-electron chi connectivity index (χ3n) is 3.70. The van der Waals surface area contributed by atoms with Gasteiger partial charge in [-0.25, -0.2) is 0 Å². The number of amides is 2. The Bertz CT molecular complexity index is 567. The average Bonchev–Trinajstić information content (AvgIpc) is 2.54.